The molecule has 1 saturated carbocycles. The van der Waals surface area contributed by atoms with E-state index in [0.29, 0.717) is 32.1 Å². The van der Waals surface area contributed by atoms with Crippen LogP contribution in [0.5, 0.6) is 11.5 Å². The molecular formula is C18H26N2O3S. The molecule has 6 heteroatoms. The van der Waals surface area contributed by atoms with Crippen molar-refractivity contribution in [3.05, 3.63) is 18.2 Å². The predicted octanol–water partition coefficient (Wildman–Crippen LogP) is 2.57. The molecule has 1 aliphatic carbocycles. The second-order valence-corrected chi connectivity index (χ2v) is 7.87. The molecule has 24 heavy (non-hydrogen) atoms. The largest absolute Gasteiger partial charge is 0.490 e. The summed E-state index contributed by atoms with van der Waals surface area (Å²) in [6.45, 7) is 3.93. The Morgan fingerprint density at radius 3 is 2.79 bits per heavy atom. The van der Waals surface area contributed by atoms with E-state index < -0.39 is 0 Å². The lowest BCUT2D eigenvalue weighted by atomic mass is 9.96. The van der Waals surface area contributed by atoms with Gasteiger partial charge < -0.3 is 20.5 Å². The number of amides is 1. The quantitative estimate of drug-likeness (QED) is 0.740. The van der Waals surface area contributed by atoms with Crippen molar-refractivity contribution in [2.75, 3.05) is 25.5 Å². The van der Waals surface area contributed by atoms with Gasteiger partial charge in [0.15, 0.2) is 11.5 Å². The number of carbonyl (C=O) groups is 1. The molecule has 3 N–H and O–H groups in total. The zero-order chi connectivity index (χ0) is 17.0. The second-order valence-electron chi connectivity index (χ2n) is 6.70. The van der Waals surface area contributed by atoms with Gasteiger partial charge in [0.25, 0.3) is 0 Å². The van der Waals surface area contributed by atoms with Gasteiger partial charge in [-0.2, -0.15) is 0 Å². The molecule has 1 amide bonds. The number of hydrogen-bond acceptors (Lipinski definition) is 5. The molecular weight excluding hydrogens is 324 g/mol. The fraction of sp³-hybridized carbons (Fsp3) is 0.611. The van der Waals surface area contributed by atoms with Gasteiger partial charge in [0.1, 0.15) is 0 Å². The summed E-state index contributed by atoms with van der Waals surface area (Å²) in [6, 6.07) is 5.96. The fourth-order valence-electron chi connectivity index (χ4n) is 2.92. The Bertz CT molecular complexity index is 592. The van der Waals surface area contributed by atoms with Crippen LogP contribution in [-0.2, 0) is 4.79 Å². The standard InChI is InChI=1S/C18H26N2O3S/c1-18(12-19,13-3-4-13)20-17(21)7-10-24-14-5-6-15-16(11-14)23-9-2-8-22-15/h5-6,11,13H,2-4,7-10,12,19H2,1H3,(H,20,21). The summed E-state index contributed by atoms with van der Waals surface area (Å²) in [7, 11) is 0. The summed E-state index contributed by atoms with van der Waals surface area (Å²) >= 11 is 1.66. The summed E-state index contributed by atoms with van der Waals surface area (Å²) in [5.41, 5.74) is 5.61. The van der Waals surface area contributed by atoms with Gasteiger partial charge in [0, 0.05) is 30.0 Å². The van der Waals surface area contributed by atoms with E-state index in [2.05, 4.69) is 12.2 Å². The molecule has 5 nitrogen and oxygen atoms in total. The molecule has 0 aromatic heterocycles. The summed E-state index contributed by atoms with van der Waals surface area (Å²) in [5.74, 6) is 2.96. The Balaban J connectivity index is 1.47. The molecule has 1 aromatic rings. The van der Waals surface area contributed by atoms with Crippen molar-refractivity contribution >= 4 is 17.7 Å². The van der Waals surface area contributed by atoms with Crippen LogP contribution >= 0.6 is 11.8 Å². The van der Waals surface area contributed by atoms with Crippen LogP contribution in [-0.4, -0.2) is 37.0 Å². The van der Waals surface area contributed by atoms with Crippen LogP contribution in [0.15, 0.2) is 23.1 Å². The van der Waals surface area contributed by atoms with E-state index in [9.17, 15) is 4.79 Å². The zero-order valence-electron chi connectivity index (χ0n) is 14.2. The third kappa shape index (κ3) is 4.36. The molecule has 1 aliphatic heterocycles. The minimum atomic E-state index is -0.239. The number of benzene rings is 1. The maximum absolute atomic E-state index is 12.2. The van der Waals surface area contributed by atoms with E-state index in [1.807, 2.05) is 18.2 Å². The minimum Gasteiger partial charge on any atom is -0.490 e. The van der Waals surface area contributed by atoms with Crippen molar-refractivity contribution in [3.8, 4) is 11.5 Å². The number of fused-ring (bicyclic) bond motifs is 1. The first-order valence-corrected chi connectivity index (χ1v) is 9.63. The Hall–Kier alpha value is -1.40. The normalized spacial score (nSPS) is 19.2. The van der Waals surface area contributed by atoms with E-state index in [-0.39, 0.29) is 11.4 Å². The molecule has 3 rings (SSSR count). The molecule has 0 spiro atoms. The van der Waals surface area contributed by atoms with Crippen LogP contribution in [0.1, 0.15) is 32.6 Å². The maximum atomic E-state index is 12.2. The summed E-state index contributed by atoms with van der Waals surface area (Å²) in [5, 5.41) is 3.13. The first-order valence-electron chi connectivity index (χ1n) is 8.64. The number of thioether (sulfide) groups is 1. The average Bonchev–Trinajstić information content (AvgIpc) is 3.41. The number of nitrogens with two attached hydrogens (primary N) is 1. The first-order chi connectivity index (χ1) is 11.6. The molecule has 1 heterocycles. The smallest absolute Gasteiger partial charge is 0.221 e. The number of carbonyl (C=O) groups excluding carboxylic acids is 1. The summed E-state index contributed by atoms with van der Waals surface area (Å²) < 4.78 is 11.3. The van der Waals surface area contributed by atoms with E-state index in [1.165, 1.54) is 12.8 Å². The Labute approximate surface area is 147 Å². The second kappa shape index (κ2) is 7.66. The lowest BCUT2D eigenvalue weighted by Gasteiger charge is -2.29. The summed E-state index contributed by atoms with van der Waals surface area (Å²) in [4.78, 5) is 13.3. The molecule has 1 aromatic carbocycles. The third-order valence-corrected chi connectivity index (χ3v) is 5.64. The van der Waals surface area contributed by atoms with Gasteiger partial charge in [-0.3, -0.25) is 4.79 Å². The molecule has 0 radical (unpaired) electrons. The zero-order valence-corrected chi connectivity index (χ0v) is 15.0. The van der Waals surface area contributed by atoms with Gasteiger partial charge in [-0.25, -0.2) is 0 Å². The molecule has 1 atom stereocenters. The van der Waals surface area contributed by atoms with Gasteiger partial charge in [0.2, 0.25) is 5.91 Å². The molecule has 0 bridgehead atoms. The Morgan fingerprint density at radius 2 is 2.08 bits per heavy atom. The maximum Gasteiger partial charge on any atom is 0.221 e. The van der Waals surface area contributed by atoms with Crippen molar-refractivity contribution in [2.45, 2.75) is 43.0 Å². The fourth-order valence-corrected chi connectivity index (χ4v) is 3.79. The van der Waals surface area contributed by atoms with Crippen molar-refractivity contribution in [2.24, 2.45) is 11.7 Å². The van der Waals surface area contributed by atoms with Crippen LogP contribution in [0.3, 0.4) is 0 Å². The SMILES string of the molecule is CC(CN)(NC(=O)CCSc1ccc2c(c1)OCCCO2)C1CC1. The highest BCUT2D eigenvalue weighted by atomic mass is 32.2. The summed E-state index contributed by atoms with van der Waals surface area (Å²) in [6.07, 6.45) is 3.72. The highest BCUT2D eigenvalue weighted by Crippen LogP contribution is 2.39. The van der Waals surface area contributed by atoms with Crippen molar-refractivity contribution in [1.29, 1.82) is 0 Å². The molecule has 2 aliphatic rings. The van der Waals surface area contributed by atoms with E-state index in [0.717, 1.165) is 28.6 Å². The number of rotatable bonds is 7. The average molecular weight is 350 g/mol. The number of hydrogen-bond donors (Lipinski definition) is 2. The van der Waals surface area contributed by atoms with E-state index in [1.54, 1.807) is 11.8 Å². The highest BCUT2D eigenvalue weighted by molar-refractivity contribution is 7.99. The first kappa shape index (κ1) is 17.4. The topological polar surface area (TPSA) is 73.6 Å². The van der Waals surface area contributed by atoms with Gasteiger partial charge in [-0.15, -0.1) is 11.8 Å². The Kier molecular flexibility index (Phi) is 5.56. The van der Waals surface area contributed by atoms with Crippen LogP contribution in [0.25, 0.3) is 0 Å². The molecule has 0 saturated heterocycles. The van der Waals surface area contributed by atoms with Crippen molar-refractivity contribution in [3.63, 3.8) is 0 Å². The number of nitrogens with one attached hydrogen (secondary N) is 1. The van der Waals surface area contributed by atoms with Gasteiger partial charge >= 0.3 is 0 Å². The molecule has 1 unspecified atom stereocenters. The lowest BCUT2D eigenvalue weighted by molar-refractivity contribution is -0.122. The monoisotopic (exact) mass is 350 g/mol. The lowest BCUT2D eigenvalue weighted by Crippen LogP contribution is -2.53. The van der Waals surface area contributed by atoms with Crippen LogP contribution in [0, 0.1) is 5.92 Å². The van der Waals surface area contributed by atoms with E-state index >= 15 is 0 Å². The van der Waals surface area contributed by atoms with E-state index in [4.69, 9.17) is 15.2 Å². The van der Waals surface area contributed by atoms with Gasteiger partial charge in [-0.05, 0) is 43.9 Å². The van der Waals surface area contributed by atoms with Gasteiger partial charge in [-0.1, -0.05) is 0 Å². The predicted molar refractivity (Wildman–Crippen MR) is 95.7 cm³/mol. The molecule has 1 fully saturated rings. The molecule has 132 valence electrons. The third-order valence-electron chi connectivity index (χ3n) is 4.64. The minimum absolute atomic E-state index is 0.0803. The highest BCUT2D eigenvalue weighted by Gasteiger charge is 2.41. The van der Waals surface area contributed by atoms with Crippen molar-refractivity contribution in [1.82, 2.24) is 5.32 Å². The van der Waals surface area contributed by atoms with Gasteiger partial charge in [0.05, 0.1) is 18.8 Å². The van der Waals surface area contributed by atoms with Crippen molar-refractivity contribution < 1.29 is 14.3 Å². The van der Waals surface area contributed by atoms with Crippen LogP contribution < -0.4 is 20.5 Å². The van der Waals surface area contributed by atoms with Crippen LogP contribution in [0.4, 0.5) is 0 Å². The Morgan fingerprint density at radius 1 is 1.33 bits per heavy atom. The number of ether oxygens (including phenoxy) is 2. The van der Waals surface area contributed by atoms with Crippen LogP contribution in [0.2, 0.25) is 0 Å².